The number of rotatable bonds is 7. The highest BCUT2D eigenvalue weighted by Gasteiger charge is 2.38. The van der Waals surface area contributed by atoms with Gasteiger partial charge in [-0.25, -0.2) is 0 Å². The predicted octanol–water partition coefficient (Wildman–Crippen LogP) is 12.4. The fraction of sp³-hybridized carbons (Fsp3) is 0.436. The van der Waals surface area contributed by atoms with Gasteiger partial charge in [-0.2, -0.15) is 0 Å². The molecule has 4 atom stereocenters. The molecule has 0 amide bonds. The van der Waals surface area contributed by atoms with Gasteiger partial charge < -0.3 is 0 Å². The number of fused-ring (bicyclic) bond motifs is 1. The second kappa shape index (κ2) is 23.1. The van der Waals surface area contributed by atoms with Crippen LogP contribution in [0.4, 0.5) is 0 Å². The van der Waals surface area contributed by atoms with Gasteiger partial charge in [0.15, 0.2) is 0 Å². The molecule has 4 aliphatic rings. The molecule has 4 unspecified atom stereocenters. The molecule has 0 heteroatoms. The zero-order chi connectivity index (χ0) is 29.5. The number of hydrogen-bond donors (Lipinski definition) is 0. The summed E-state index contributed by atoms with van der Waals surface area (Å²) in [5, 5.41) is 0. The van der Waals surface area contributed by atoms with Gasteiger partial charge in [-0.15, -0.1) is 0 Å². The molecule has 0 spiro atoms. The lowest BCUT2D eigenvalue weighted by Crippen LogP contribution is -2.22. The zero-order valence-corrected chi connectivity index (χ0v) is 26.8. The van der Waals surface area contributed by atoms with Crippen LogP contribution in [0, 0.1) is 23.7 Å². The standard InChI is InChI=1S/C31H34.4C2H6/c1-3-5-15-24(14-4-2)30(25-16-10-6-7-11-17-25)31(26-18-12-8-9-13-19-26)28-21-20-27-22-29(27)23-28;4*1-2/h3-6,8,10-21,23,27,29-31H,7,9,22H2,1-2H3;4*1-2H3/b5-3-,14-4-,24-15+;;;;. The van der Waals surface area contributed by atoms with Gasteiger partial charge in [0, 0.05) is 11.8 Å². The van der Waals surface area contributed by atoms with Gasteiger partial charge in [0.05, 0.1) is 0 Å². The highest BCUT2D eigenvalue weighted by atomic mass is 14.4. The van der Waals surface area contributed by atoms with Crippen molar-refractivity contribution in [1.29, 1.82) is 0 Å². The Hall–Kier alpha value is -2.86. The molecule has 214 valence electrons. The first-order chi connectivity index (χ1) is 19.3. The molecule has 1 saturated carbocycles. The van der Waals surface area contributed by atoms with Crippen LogP contribution in [0.15, 0.2) is 132 Å². The van der Waals surface area contributed by atoms with Gasteiger partial charge in [-0.3, -0.25) is 0 Å². The highest BCUT2D eigenvalue weighted by molar-refractivity contribution is 5.50. The Bertz CT molecular complexity index is 991. The van der Waals surface area contributed by atoms with Crippen LogP contribution in [0.1, 0.15) is 88.5 Å². The van der Waals surface area contributed by atoms with Gasteiger partial charge in [0.2, 0.25) is 0 Å². The third-order valence-electron chi connectivity index (χ3n) is 6.46. The quantitative estimate of drug-likeness (QED) is 0.289. The maximum Gasteiger partial charge on any atom is 0.0198 e. The molecular formula is C39H58. The summed E-state index contributed by atoms with van der Waals surface area (Å²) >= 11 is 0. The third kappa shape index (κ3) is 11.8. The summed E-state index contributed by atoms with van der Waals surface area (Å²) in [6.07, 6.45) is 44.7. The minimum Gasteiger partial charge on any atom is -0.0877 e. The van der Waals surface area contributed by atoms with E-state index in [1.54, 1.807) is 0 Å². The van der Waals surface area contributed by atoms with Crippen LogP contribution < -0.4 is 0 Å². The lowest BCUT2D eigenvalue weighted by Gasteiger charge is -2.32. The van der Waals surface area contributed by atoms with Gasteiger partial charge in [-0.1, -0.05) is 165 Å². The SMILES string of the molecule is CC.CC.CC.CC.C\C=C/C=C(\C=C/C)C(C1=CC=CCC=C1)C(C1=CC=CCC=C1)C1=CC2CC2C=C1. The van der Waals surface area contributed by atoms with Crippen LogP contribution in [0.25, 0.3) is 0 Å². The summed E-state index contributed by atoms with van der Waals surface area (Å²) < 4.78 is 0. The summed E-state index contributed by atoms with van der Waals surface area (Å²) in [7, 11) is 0. The largest absolute Gasteiger partial charge is 0.0877 e. The van der Waals surface area contributed by atoms with Crippen molar-refractivity contribution in [2.45, 2.75) is 88.5 Å². The van der Waals surface area contributed by atoms with Crippen molar-refractivity contribution in [1.82, 2.24) is 0 Å². The monoisotopic (exact) mass is 526 g/mol. The molecule has 0 radical (unpaired) electrons. The van der Waals surface area contributed by atoms with Crippen molar-refractivity contribution < 1.29 is 0 Å². The molecule has 0 aromatic carbocycles. The summed E-state index contributed by atoms with van der Waals surface area (Å²) in [6.45, 7) is 20.2. The first-order valence-electron chi connectivity index (χ1n) is 15.7. The van der Waals surface area contributed by atoms with Crippen molar-refractivity contribution in [3.8, 4) is 0 Å². The second-order valence-electron chi connectivity index (χ2n) is 8.70. The lowest BCUT2D eigenvalue weighted by atomic mass is 9.71. The maximum absolute atomic E-state index is 2.56. The van der Waals surface area contributed by atoms with E-state index in [0.717, 1.165) is 24.7 Å². The normalized spacial score (nSPS) is 22.0. The van der Waals surface area contributed by atoms with E-state index in [4.69, 9.17) is 0 Å². The molecule has 1 fully saturated rings. The van der Waals surface area contributed by atoms with Gasteiger partial charge >= 0.3 is 0 Å². The Kier molecular flexibility index (Phi) is 21.4. The molecule has 0 saturated heterocycles. The van der Waals surface area contributed by atoms with E-state index in [0.29, 0.717) is 0 Å². The van der Waals surface area contributed by atoms with Crippen molar-refractivity contribution >= 4 is 0 Å². The lowest BCUT2D eigenvalue weighted by molar-refractivity contribution is 0.583. The average molecular weight is 527 g/mol. The van der Waals surface area contributed by atoms with E-state index in [-0.39, 0.29) is 11.8 Å². The van der Waals surface area contributed by atoms with Gasteiger partial charge in [0.1, 0.15) is 0 Å². The third-order valence-corrected chi connectivity index (χ3v) is 6.46. The molecule has 4 rings (SSSR count). The predicted molar refractivity (Wildman–Crippen MR) is 181 cm³/mol. The molecule has 0 aromatic rings. The van der Waals surface area contributed by atoms with E-state index in [2.05, 4.69) is 123 Å². The molecular weight excluding hydrogens is 468 g/mol. The minimum absolute atomic E-state index is 0.250. The van der Waals surface area contributed by atoms with Crippen LogP contribution in [-0.4, -0.2) is 0 Å². The van der Waals surface area contributed by atoms with E-state index in [1.807, 2.05) is 55.4 Å². The van der Waals surface area contributed by atoms with Crippen LogP contribution in [0.2, 0.25) is 0 Å². The zero-order valence-electron chi connectivity index (χ0n) is 26.8. The average Bonchev–Trinajstić information content (AvgIpc) is 3.85. The van der Waals surface area contributed by atoms with Crippen LogP contribution in [-0.2, 0) is 0 Å². The van der Waals surface area contributed by atoms with Gasteiger partial charge in [-0.05, 0) is 67.2 Å². The Morgan fingerprint density at radius 3 is 1.85 bits per heavy atom. The molecule has 0 nitrogen and oxygen atoms in total. The van der Waals surface area contributed by atoms with Gasteiger partial charge in [0.25, 0.3) is 0 Å². The molecule has 0 bridgehead atoms. The highest BCUT2D eigenvalue weighted by Crippen LogP contribution is 2.49. The Labute approximate surface area is 243 Å². The van der Waals surface area contributed by atoms with E-state index in [9.17, 15) is 0 Å². The summed E-state index contributed by atoms with van der Waals surface area (Å²) in [5.74, 6) is 2.04. The maximum atomic E-state index is 2.56. The smallest absolute Gasteiger partial charge is 0.0198 e. The molecule has 0 aliphatic heterocycles. The molecule has 0 heterocycles. The fourth-order valence-electron chi connectivity index (χ4n) is 4.82. The Morgan fingerprint density at radius 2 is 1.28 bits per heavy atom. The number of allylic oxidation sites excluding steroid dienone is 22. The van der Waals surface area contributed by atoms with E-state index < -0.39 is 0 Å². The number of hydrogen-bond acceptors (Lipinski definition) is 0. The Balaban J connectivity index is 0.00000166. The van der Waals surface area contributed by atoms with Crippen LogP contribution in [0.3, 0.4) is 0 Å². The van der Waals surface area contributed by atoms with Crippen LogP contribution >= 0.6 is 0 Å². The van der Waals surface area contributed by atoms with E-state index >= 15 is 0 Å². The molecule has 4 aliphatic carbocycles. The molecule has 39 heavy (non-hydrogen) atoms. The summed E-state index contributed by atoms with van der Waals surface area (Å²) in [4.78, 5) is 0. The van der Waals surface area contributed by atoms with E-state index in [1.165, 1.54) is 28.7 Å². The first kappa shape index (κ1) is 36.1. The van der Waals surface area contributed by atoms with Crippen LogP contribution in [0.5, 0.6) is 0 Å². The first-order valence-corrected chi connectivity index (χ1v) is 15.7. The second-order valence-corrected chi connectivity index (χ2v) is 8.70. The van der Waals surface area contributed by atoms with Crippen molar-refractivity contribution in [2.24, 2.45) is 23.7 Å². The van der Waals surface area contributed by atoms with Crippen molar-refractivity contribution in [3.05, 3.63) is 132 Å². The van der Waals surface area contributed by atoms with Crippen molar-refractivity contribution in [2.75, 3.05) is 0 Å². The molecule has 0 aromatic heterocycles. The Morgan fingerprint density at radius 1 is 0.692 bits per heavy atom. The fourth-order valence-corrected chi connectivity index (χ4v) is 4.82. The summed E-state index contributed by atoms with van der Waals surface area (Å²) in [6, 6.07) is 0. The minimum atomic E-state index is 0.250. The van der Waals surface area contributed by atoms with Crippen molar-refractivity contribution in [3.63, 3.8) is 0 Å². The topological polar surface area (TPSA) is 0 Å². The molecule has 0 N–H and O–H groups in total. The summed E-state index contributed by atoms with van der Waals surface area (Å²) in [5.41, 5.74) is 5.59.